The van der Waals surface area contributed by atoms with E-state index in [1.54, 1.807) is 20.8 Å². The number of hydrogen-bond donors (Lipinski definition) is 2. The van der Waals surface area contributed by atoms with Gasteiger partial charge in [-0.2, -0.15) is 0 Å². The van der Waals surface area contributed by atoms with Crippen molar-refractivity contribution < 1.29 is 24.0 Å². The van der Waals surface area contributed by atoms with E-state index in [9.17, 15) is 24.5 Å². The van der Waals surface area contributed by atoms with Crippen molar-refractivity contribution in [3.05, 3.63) is 81.9 Å². The average molecular weight is 527 g/mol. The summed E-state index contributed by atoms with van der Waals surface area (Å²) >= 11 is 0. The highest BCUT2D eigenvalue weighted by Crippen LogP contribution is 2.16. The Bertz CT molecular complexity index is 1070. The molecule has 0 aromatic heterocycles. The van der Waals surface area contributed by atoms with Crippen molar-refractivity contribution in [2.24, 2.45) is 5.73 Å². The van der Waals surface area contributed by atoms with Gasteiger partial charge >= 0.3 is 6.09 Å². The Hall–Kier alpha value is -3.95. The topological polar surface area (TPSA) is 145 Å². The van der Waals surface area contributed by atoms with Crippen LogP contribution in [-0.2, 0) is 27.2 Å². The van der Waals surface area contributed by atoms with Crippen molar-refractivity contribution in [3.8, 4) is 0 Å². The van der Waals surface area contributed by atoms with E-state index in [2.05, 4.69) is 5.32 Å². The number of hydrogen-bond acceptors (Lipinski definition) is 6. The van der Waals surface area contributed by atoms with Gasteiger partial charge < -0.3 is 20.7 Å². The monoisotopic (exact) mass is 526 g/mol. The molecule has 0 spiro atoms. The third kappa shape index (κ3) is 10.2. The molecule has 38 heavy (non-hydrogen) atoms. The van der Waals surface area contributed by atoms with E-state index in [0.29, 0.717) is 0 Å². The second-order valence-electron chi connectivity index (χ2n) is 10.3. The van der Waals surface area contributed by atoms with Gasteiger partial charge in [-0.15, -0.1) is 0 Å². The molecule has 0 aliphatic carbocycles. The minimum absolute atomic E-state index is 0.0543. The van der Waals surface area contributed by atoms with Crippen LogP contribution >= 0.6 is 0 Å². The van der Waals surface area contributed by atoms with E-state index >= 15 is 0 Å². The molecule has 10 heteroatoms. The fraction of sp³-hybridized carbons (Fsp3) is 0.464. The minimum Gasteiger partial charge on any atom is -0.444 e. The van der Waals surface area contributed by atoms with Crippen LogP contribution in [0.5, 0.6) is 0 Å². The number of nitrogens with two attached hydrogens (primary N) is 1. The molecule has 2 aromatic carbocycles. The van der Waals surface area contributed by atoms with Gasteiger partial charge in [-0.05, 0) is 38.3 Å². The number of carbonyl (C=O) groups excluding carboxylic acids is 3. The smallest absolute Gasteiger partial charge is 0.408 e. The van der Waals surface area contributed by atoms with Gasteiger partial charge in [0.25, 0.3) is 0 Å². The Balaban J connectivity index is 2.40. The number of primary amides is 1. The molecule has 0 bridgehead atoms. The lowest BCUT2D eigenvalue weighted by Crippen LogP contribution is -2.57. The standard InChI is InChI=1S/C28H38N4O6/c1-20(32(36)37)12-11-17-31(24(25(29)33)19-22-15-9-6-10-16-22)26(34)23(18-21-13-7-5-8-14-21)30-27(35)38-28(2,3)4/h5-10,13-16,20,23-24H,11-12,17-19H2,1-4H3,(H2,29,33)(H,30,35)/t20?,23-,24-/m0/s1. The number of ether oxygens (including phenoxy) is 1. The Labute approximate surface area is 223 Å². The van der Waals surface area contributed by atoms with Gasteiger partial charge in [-0.1, -0.05) is 60.7 Å². The summed E-state index contributed by atoms with van der Waals surface area (Å²) in [7, 11) is 0. The quantitative estimate of drug-likeness (QED) is 0.302. The predicted octanol–water partition coefficient (Wildman–Crippen LogP) is 3.49. The maximum Gasteiger partial charge on any atom is 0.408 e. The first-order valence-electron chi connectivity index (χ1n) is 12.7. The molecule has 2 rings (SSSR count). The second-order valence-corrected chi connectivity index (χ2v) is 10.3. The molecule has 10 nitrogen and oxygen atoms in total. The van der Waals surface area contributed by atoms with E-state index < -0.39 is 41.6 Å². The molecule has 0 radical (unpaired) electrons. The summed E-state index contributed by atoms with van der Waals surface area (Å²) in [4.78, 5) is 51.4. The summed E-state index contributed by atoms with van der Waals surface area (Å²) in [5.74, 6) is -1.23. The highest BCUT2D eigenvalue weighted by molar-refractivity contribution is 5.91. The molecule has 1 unspecified atom stereocenters. The average Bonchev–Trinajstić information content (AvgIpc) is 2.84. The molecular formula is C28H38N4O6. The van der Waals surface area contributed by atoms with Crippen LogP contribution in [0.3, 0.4) is 0 Å². The fourth-order valence-electron chi connectivity index (χ4n) is 3.98. The van der Waals surface area contributed by atoms with Gasteiger partial charge in [0.05, 0.1) is 0 Å². The Morgan fingerprint density at radius 1 is 1.00 bits per heavy atom. The lowest BCUT2D eigenvalue weighted by molar-refractivity contribution is -0.519. The molecule has 206 valence electrons. The number of nitrogens with one attached hydrogen (secondary N) is 1. The zero-order valence-electron chi connectivity index (χ0n) is 22.5. The molecule has 0 aliphatic rings. The van der Waals surface area contributed by atoms with Crippen molar-refractivity contribution in [2.45, 2.75) is 77.1 Å². The third-order valence-electron chi connectivity index (χ3n) is 5.91. The molecule has 2 aromatic rings. The van der Waals surface area contributed by atoms with Gasteiger partial charge in [0, 0.05) is 37.7 Å². The number of alkyl carbamates (subject to hydrolysis) is 1. The highest BCUT2D eigenvalue weighted by Gasteiger charge is 2.34. The number of benzene rings is 2. The van der Waals surface area contributed by atoms with E-state index in [0.717, 1.165) is 11.1 Å². The minimum atomic E-state index is -1.06. The van der Waals surface area contributed by atoms with Crippen molar-refractivity contribution in [1.29, 1.82) is 0 Å². The normalized spacial score (nSPS) is 13.6. The molecule has 3 N–H and O–H groups in total. The van der Waals surface area contributed by atoms with Gasteiger partial charge in [-0.3, -0.25) is 19.7 Å². The van der Waals surface area contributed by atoms with Gasteiger partial charge in [0.2, 0.25) is 17.9 Å². The van der Waals surface area contributed by atoms with Gasteiger partial charge in [-0.25, -0.2) is 4.79 Å². The zero-order chi connectivity index (χ0) is 28.3. The molecule has 0 saturated carbocycles. The van der Waals surface area contributed by atoms with Crippen LogP contribution in [0, 0.1) is 10.1 Å². The first kappa shape index (κ1) is 30.3. The van der Waals surface area contributed by atoms with E-state index in [1.165, 1.54) is 11.8 Å². The molecule has 0 fully saturated rings. The summed E-state index contributed by atoms with van der Waals surface area (Å²) < 4.78 is 5.39. The largest absolute Gasteiger partial charge is 0.444 e. The Morgan fingerprint density at radius 3 is 2.00 bits per heavy atom. The number of carbonyl (C=O) groups is 3. The van der Waals surface area contributed by atoms with Crippen LogP contribution in [-0.4, -0.2) is 58.0 Å². The molecule has 3 amide bonds. The fourth-order valence-corrected chi connectivity index (χ4v) is 3.98. The van der Waals surface area contributed by atoms with Crippen molar-refractivity contribution in [3.63, 3.8) is 0 Å². The summed E-state index contributed by atoms with van der Waals surface area (Å²) in [6, 6.07) is 15.4. The Kier molecular flexibility index (Phi) is 11.2. The van der Waals surface area contributed by atoms with Crippen LogP contribution in [0.15, 0.2) is 60.7 Å². The first-order chi connectivity index (χ1) is 17.9. The van der Waals surface area contributed by atoms with Crippen LogP contribution in [0.2, 0.25) is 0 Å². The number of rotatable bonds is 13. The van der Waals surface area contributed by atoms with Crippen molar-refractivity contribution in [2.75, 3.05) is 6.54 Å². The maximum atomic E-state index is 14.0. The summed E-state index contributed by atoms with van der Waals surface area (Å²) in [5.41, 5.74) is 6.59. The second kappa shape index (κ2) is 14.1. The zero-order valence-corrected chi connectivity index (χ0v) is 22.5. The SMILES string of the molecule is CC(CCCN(C(=O)[C@H](Cc1ccccc1)NC(=O)OC(C)(C)C)[C@@H](Cc1ccccc1)C(N)=O)[N+](=O)[O-]. The Morgan fingerprint density at radius 2 is 1.53 bits per heavy atom. The number of nitrogens with zero attached hydrogens (tertiary/aromatic N) is 2. The predicted molar refractivity (Wildman–Crippen MR) is 144 cm³/mol. The van der Waals surface area contributed by atoms with Crippen LogP contribution in [0.4, 0.5) is 4.79 Å². The van der Waals surface area contributed by atoms with Crippen LogP contribution in [0.25, 0.3) is 0 Å². The van der Waals surface area contributed by atoms with Crippen molar-refractivity contribution in [1.82, 2.24) is 10.2 Å². The summed E-state index contributed by atoms with van der Waals surface area (Å²) in [6.45, 7) is 6.69. The van der Waals surface area contributed by atoms with Crippen molar-refractivity contribution >= 4 is 17.9 Å². The molecular weight excluding hydrogens is 488 g/mol. The maximum absolute atomic E-state index is 14.0. The third-order valence-corrected chi connectivity index (χ3v) is 5.91. The first-order valence-corrected chi connectivity index (χ1v) is 12.7. The van der Waals surface area contributed by atoms with Gasteiger partial charge in [0.15, 0.2) is 0 Å². The lowest BCUT2D eigenvalue weighted by Gasteiger charge is -2.33. The summed E-state index contributed by atoms with van der Waals surface area (Å²) in [6.07, 6.45) is 0.0228. The molecule has 0 aliphatic heterocycles. The van der Waals surface area contributed by atoms with Gasteiger partial charge in [0.1, 0.15) is 17.7 Å². The highest BCUT2D eigenvalue weighted by atomic mass is 16.6. The van der Waals surface area contributed by atoms with Crippen LogP contribution < -0.4 is 11.1 Å². The summed E-state index contributed by atoms with van der Waals surface area (Å²) in [5, 5.41) is 13.8. The molecule has 3 atom stereocenters. The molecule has 0 heterocycles. The molecule has 0 saturated heterocycles. The van der Waals surface area contributed by atoms with E-state index in [-0.39, 0.29) is 37.2 Å². The lowest BCUT2D eigenvalue weighted by atomic mass is 10.00. The van der Waals surface area contributed by atoms with E-state index in [1.807, 2.05) is 60.7 Å². The number of nitro groups is 1. The van der Waals surface area contributed by atoms with Crippen LogP contribution in [0.1, 0.15) is 51.7 Å². The number of amides is 3. The van der Waals surface area contributed by atoms with E-state index in [4.69, 9.17) is 10.5 Å².